The van der Waals surface area contributed by atoms with Crippen LogP contribution in [0.3, 0.4) is 0 Å². The predicted octanol–water partition coefficient (Wildman–Crippen LogP) is 2.86. The van der Waals surface area contributed by atoms with Gasteiger partial charge in [0.15, 0.2) is 0 Å². The number of hydrogen-bond donors (Lipinski definition) is 1. The molecular formula is C13H19NO. The van der Waals surface area contributed by atoms with E-state index >= 15 is 0 Å². The molecule has 1 aromatic heterocycles. The molecule has 2 unspecified atom stereocenters. The molecule has 2 nitrogen and oxygen atoms in total. The van der Waals surface area contributed by atoms with Gasteiger partial charge in [-0.25, -0.2) is 0 Å². The molecule has 1 aromatic rings. The van der Waals surface area contributed by atoms with E-state index in [-0.39, 0.29) is 6.10 Å². The number of pyridine rings is 1. The highest BCUT2D eigenvalue weighted by molar-refractivity contribution is 5.22. The van der Waals surface area contributed by atoms with Crippen molar-refractivity contribution < 1.29 is 5.11 Å². The first-order chi connectivity index (χ1) is 7.20. The Bertz CT molecular complexity index is 337. The summed E-state index contributed by atoms with van der Waals surface area (Å²) in [5.74, 6) is 1.06. The molecule has 0 spiro atoms. The maximum Gasteiger partial charge on any atom is 0.0838 e. The minimum absolute atomic E-state index is 0.323. The summed E-state index contributed by atoms with van der Waals surface area (Å²) in [6.07, 6.45) is 5.11. The van der Waals surface area contributed by atoms with Crippen LogP contribution in [-0.4, -0.2) is 10.1 Å². The molecule has 1 aliphatic rings. The summed E-state index contributed by atoms with van der Waals surface area (Å²) in [4.78, 5) is 4.24. The highest BCUT2D eigenvalue weighted by Gasteiger charge is 2.31. The van der Waals surface area contributed by atoms with Crippen LogP contribution in [-0.2, 0) is 0 Å². The fourth-order valence-electron chi connectivity index (χ4n) is 2.68. The molecule has 0 aromatic carbocycles. The minimum Gasteiger partial charge on any atom is -0.388 e. The summed E-state index contributed by atoms with van der Waals surface area (Å²) < 4.78 is 0. The van der Waals surface area contributed by atoms with Crippen molar-refractivity contribution in [2.45, 2.75) is 39.2 Å². The van der Waals surface area contributed by atoms with Gasteiger partial charge < -0.3 is 5.11 Å². The molecule has 0 saturated heterocycles. The van der Waals surface area contributed by atoms with E-state index in [0.29, 0.717) is 11.8 Å². The second-order valence-corrected chi connectivity index (χ2v) is 4.69. The molecule has 0 bridgehead atoms. The van der Waals surface area contributed by atoms with E-state index in [1.165, 1.54) is 12.8 Å². The minimum atomic E-state index is -0.323. The number of aliphatic hydroxyl groups excluding tert-OH is 1. The Labute approximate surface area is 91.4 Å². The van der Waals surface area contributed by atoms with E-state index in [9.17, 15) is 5.11 Å². The topological polar surface area (TPSA) is 33.1 Å². The third-order valence-electron chi connectivity index (χ3n) is 3.70. The second-order valence-electron chi connectivity index (χ2n) is 4.69. The fraction of sp³-hybridized carbons (Fsp3) is 0.615. The van der Waals surface area contributed by atoms with Crippen LogP contribution >= 0.6 is 0 Å². The van der Waals surface area contributed by atoms with Crippen molar-refractivity contribution >= 4 is 0 Å². The van der Waals surface area contributed by atoms with Crippen molar-refractivity contribution in [1.29, 1.82) is 0 Å². The SMILES string of the molecule is Cc1ncccc1[C@H](O)C1CCCC1C. The van der Waals surface area contributed by atoms with E-state index in [0.717, 1.165) is 17.7 Å². The number of aliphatic hydroxyl groups is 1. The van der Waals surface area contributed by atoms with Crippen LogP contribution in [0.15, 0.2) is 18.3 Å². The molecule has 15 heavy (non-hydrogen) atoms. The smallest absolute Gasteiger partial charge is 0.0838 e. The molecule has 2 heteroatoms. The molecule has 3 atom stereocenters. The highest BCUT2D eigenvalue weighted by atomic mass is 16.3. The van der Waals surface area contributed by atoms with Crippen molar-refractivity contribution in [3.05, 3.63) is 29.6 Å². The number of nitrogens with zero attached hydrogens (tertiary/aromatic N) is 1. The van der Waals surface area contributed by atoms with Gasteiger partial charge in [-0.15, -0.1) is 0 Å². The summed E-state index contributed by atoms with van der Waals surface area (Å²) in [5.41, 5.74) is 1.97. The first-order valence-corrected chi connectivity index (χ1v) is 5.79. The summed E-state index contributed by atoms with van der Waals surface area (Å²) in [7, 11) is 0. The zero-order chi connectivity index (χ0) is 10.8. The summed E-state index contributed by atoms with van der Waals surface area (Å²) in [6, 6.07) is 3.91. The van der Waals surface area contributed by atoms with E-state index < -0.39 is 0 Å². The van der Waals surface area contributed by atoms with Crippen LogP contribution in [0.2, 0.25) is 0 Å². The van der Waals surface area contributed by atoms with Gasteiger partial charge in [0.05, 0.1) is 6.10 Å². The molecule has 1 aliphatic carbocycles. The summed E-state index contributed by atoms with van der Waals surface area (Å²) in [6.45, 7) is 4.21. The van der Waals surface area contributed by atoms with Gasteiger partial charge in [-0.1, -0.05) is 25.8 Å². The number of aryl methyl sites for hydroxylation is 1. The lowest BCUT2D eigenvalue weighted by molar-refractivity contribution is 0.0891. The fourth-order valence-corrected chi connectivity index (χ4v) is 2.68. The number of aromatic nitrogens is 1. The normalized spacial score (nSPS) is 27.9. The largest absolute Gasteiger partial charge is 0.388 e. The molecule has 0 aliphatic heterocycles. The Kier molecular flexibility index (Phi) is 3.06. The third-order valence-corrected chi connectivity index (χ3v) is 3.70. The van der Waals surface area contributed by atoms with Gasteiger partial charge in [-0.05, 0) is 31.2 Å². The van der Waals surface area contributed by atoms with E-state index in [1.807, 2.05) is 19.1 Å². The van der Waals surface area contributed by atoms with Crippen LogP contribution in [0, 0.1) is 18.8 Å². The first-order valence-electron chi connectivity index (χ1n) is 5.79. The molecule has 0 amide bonds. The molecule has 1 fully saturated rings. The molecule has 82 valence electrons. The monoisotopic (exact) mass is 205 g/mol. The predicted molar refractivity (Wildman–Crippen MR) is 60.4 cm³/mol. The van der Waals surface area contributed by atoms with Crippen LogP contribution < -0.4 is 0 Å². The van der Waals surface area contributed by atoms with Gasteiger partial charge in [-0.3, -0.25) is 4.98 Å². The molecule has 0 radical (unpaired) electrons. The summed E-state index contributed by atoms with van der Waals surface area (Å²) in [5, 5.41) is 10.3. The average molecular weight is 205 g/mol. The van der Waals surface area contributed by atoms with Gasteiger partial charge in [0.1, 0.15) is 0 Å². The van der Waals surface area contributed by atoms with E-state index in [2.05, 4.69) is 11.9 Å². The number of hydrogen-bond acceptors (Lipinski definition) is 2. The van der Waals surface area contributed by atoms with Crippen LogP contribution in [0.5, 0.6) is 0 Å². The van der Waals surface area contributed by atoms with Gasteiger partial charge in [0.25, 0.3) is 0 Å². The Morgan fingerprint density at radius 3 is 2.87 bits per heavy atom. The zero-order valence-corrected chi connectivity index (χ0v) is 9.48. The lowest BCUT2D eigenvalue weighted by atomic mass is 9.87. The first kappa shape index (κ1) is 10.6. The molecular weight excluding hydrogens is 186 g/mol. The van der Waals surface area contributed by atoms with Crippen molar-refractivity contribution in [1.82, 2.24) is 4.98 Å². The van der Waals surface area contributed by atoms with Gasteiger partial charge >= 0.3 is 0 Å². The highest BCUT2D eigenvalue weighted by Crippen LogP contribution is 2.40. The quantitative estimate of drug-likeness (QED) is 0.805. The van der Waals surface area contributed by atoms with Crippen LogP contribution in [0.1, 0.15) is 43.5 Å². The average Bonchev–Trinajstić information content (AvgIpc) is 2.64. The molecule has 1 N–H and O–H groups in total. The maximum atomic E-state index is 10.3. The second kappa shape index (κ2) is 4.31. The lowest BCUT2D eigenvalue weighted by Gasteiger charge is -2.23. The van der Waals surface area contributed by atoms with E-state index in [4.69, 9.17) is 0 Å². The van der Waals surface area contributed by atoms with E-state index in [1.54, 1.807) is 6.20 Å². The number of rotatable bonds is 2. The van der Waals surface area contributed by atoms with Crippen LogP contribution in [0.25, 0.3) is 0 Å². The summed E-state index contributed by atoms with van der Waals surface area (Å²) >= 11 is 0. The Morgan fingerprint density at radius 2 is 2.27 bits per heavy atom. The van der Waals surface area contributed by atoms with Crippen molar-refractivity contribution in [2.24, 2.45) is 11.8 Å². The maximum absolute atomic E-state index is 10.3. The zero-order valence-electron chi connectivity index (χ0n) is 9.48. The van der Waals surface area contributed by atoms with Crippen molar-refractivity contribution in [3.63, 3.8) is 0 Å². The standard InChI is InChI=1S/C13H19NO/c1-9-5-3-6-11(9)13(15)12-7-4-8-14-10(12)2/h4,7-9,11,13,15H,3,5-6H2,1-2H3/t9?,11?,13-/m1/s1. The van der Waals surface area contributed by atoms with Crippen LogP contribution in [0.4, 0.5) is 0 Å². The third kappa shape index (κ3) is 2.05. The molecule has 2 rings (SSSR count). The van der Waals surface area contributed by atoms with Gasteiger partial charge in [-0.2, -0.15) is 0 Å². The van der Waals surface area contributed by atoms with Crippen molar-refractivity contribution in [3.8, 4) is 0 Å². The van der Waals surface area contributed by atoms with Gasteiger partial charge in [0.2, 0.25) is 0 Å². The van der Waals surface area contributed by atoms with Crippen molar-refractivity contribution in [2.75, 3.05) is 0 Å². The van der Waals surface area contributed by atoms with Gasteiger partial charge in [0, 0.05) is 17.5 Å². The molecule has 1 saturated carbocycles. The lowest BCUT2D eigenvalue weighted by Crippen LogP contribution is -2.16. The Hall–Kier alpha value is -0.890. The Morgan fingerprint density at radius 1 is 1.47 bits per heavy atom. The Balaban J connectivity index is 2.20. The molecule has 1 heterocycles.